The molecule has 2 rings (SSSR count). The minimum atomic E-state index is -0.0848. The maximum atomic E-state index is 12.0. The summed E-state index contributed by atoms with van der Waals surface area (Å²) < 4.78 is 0. The van der Waals surface area contributed by atoms with Gasteiger partial charge in [-0.3, -0.25) is 14.5 Å². The first-order chi connectivity index (χ1) is 9.11. The van der Waals surface area contributed by atoms with E-state index in [9.17, 15) is 9.59 Å². The van der Waals surface area contributed by atoms with Crippen LogP contribution < -0.4 is 5.32 Å². The van der Waals surface area contributed by atoms with E-state index in [4.69, 9.17) is 0 Å². The maximum absolute atomic E-state index is 12.0. The number of carbonyl (C=O) groups is 2. The lowest BCUT2D eigenvalue weighted by atomic mass is 10.2. The van der Waals surface area contributed by atoms with Crippen molar-refractivity contribution < 1.29 is 9.59 Å². The molecule has 0 aromatic carbocycles. The van der Waals surface area contributed by atoms with Crippen LogP contribution in [0.2, 0.25) is 0 Å². The van der Waals surface area contributed by atoms with Gasteiger partial charge in [-0.15, -0.1) is 0 Å². The summed E-state index contributed by atoms with van der Waals surface area (Å²) in [6.45, 7) is 5.01. The van der Waals surface area contributed by atoms with Gasteiger partial charge in [0.1, 0.15) is 0 Å². The third kappa shape index (κ3) is 4.11. The number of hydrogen-bond acceptors (Lipinski definition) is 4. The number of rotatable bonds is 5. The van der Waals surface area contributed by atoms with E-state index in [-0.39, 0.29) is 17.9 Å². The monoisotopic (exact) mass is 285 g/mol. The highest BCUT2D eigenvalue weighted by Crippen LogP contribution is 2.19. The lowest BCUT2D eigenvalue weighted by molar-refractivity contribution is -0.131. The van der Waals surface area contributed by atoms with E-state index in [1.165, 1.54) is 0 Å². The van der Waals surface area contributed by atoms with Crippen LogP contribution in [0.1, 0.15) is 19.8 Å². The van der Waals surface area contributed by atoms with Crippen molar-refractivity contribution in [2.45, 2.75) is 31.8 Å². The predicted octanol–water partition coefficient (Wildman–Crippen LogP) is 0.161. The Bertz CT molecular complexity index is 339. The van der Waals surface area contributed by atoms with Crippen molar-refractivity contribution in [1.82, 2.24) is 15.1 Å². The zero-order valence-electron chi connectivity index (χ0n) is 11.7. The van der Waals surface area contributed by atoms with Gasteiger partial charge in [-0.25, -0.2) is 0 Å². The van der Waals surface area contributed by atoms with E-state index in [1.807, 2.05) is 18.1 Å². The fourth-order valence-corrected chi connectivity index (χ4v) is 2.72. The van der Waals surface area contributed by atoms with Crippen molar-refractivity contribution in [3.63, 3.8) is 0 Å². The van der Waals surface area contributed by atoms with Crippen LogP contribution in [0, 0.1) is 0 Å². The second-order valence-corrected chi connectivity index (χ2v) is 6.17. The van der Waals surface area contributed by atoms with Gasteiger partial charge in [-0.05, 0) is 26.0 Å². The lowest BCUT2D eigenvalue weighted by Gasteiger charge is -2.37. The van der Waals surface area contributed by atoms with Crippen LogP contribution >= 0.6 is 11.8 Å². The van der Waals surface area contributed by atoms with Crippen molar-refractivity contribution in [1.29, 1.82) is 0 Å². The molecule has 2 aliphatic rings. The highest BCUT2D eigenvalue weighted by molar-refractivity contribution is 7.99. The zero-order valence-corrected chi connectivity index (χ0v) is 12.5. The molecule has 0 radical (unpaired) electrons. The van der Waals surface area contributed by atoms with Crippen LogP contribution in [0.15, 0.2) is 0 Å². The summed E-state index contributed by atoms with van der Waals surface area (Å²) in [6, 6.07) is 0.331. The molecular formula is C13H23N3O2S. The minimum Gasteiger partial charge on any atom is -0.352 e. The van der Waals surface area contributed by atoms with E-state index in [1.54, 1.807) is 11.8 Å². The van der Waals surface area contributed by atoms with Gasteiger partial charge >= 0.3 is 0 Å². The largest absolute Gasteiger partial charge is 0.352 e. The summed E-state index contributed by atoms with van der Waals surface area (Å²) in [5, 5.41) is 3.04. The molecule has 108 valence electrons. The van der Waals surface area contributed by atoms with Crippen LogP contribution in [0.5, 0.6) is 0 Å². The fraction of sp³-hybridized carbons (Fsp3) is 0.846. The SMILES string of the molecule is CSCC(=O)N1CCN(C(C)C(=O)NC2CC2)CC1. The van der Waals surface area contributed by atoms with E-state index in [2.05, 4.69) is 10.2 Å². The Morgan fingerprint density at radius 1 is 1.26 bits per heavy atom. The first-order valence-electron chi connectivity index (χ1n) is 6.93. The Morgan fingerprint density at radius 2 is 1.89 bits per heavy atom. The normalized spacial score (nSPS) is 22.1. The molecule has 1 N–H and O–H groups in total. The molecule has 2 amide bonds. The Kier molecular flexibility index (Phi) is 5.10. The molecule has 1 unspecified atom stereocenters. The first kappa shape index (κ1) is 14.7. The van der Waals surface area contributed by atoms with Crippen molar-refractivity contribution in [3.05, 3.63) is 0 Å². The number of nitrogens with one attached hydrogen (secondary N) is 1. The third-order valence-corrected chi connectivity index (χ3v) is 4.32. The van der Waals surface area contributed by atoms with E-state index in [0.717, 1.165) is 39.0 Å². The quantitative estimate of drug-likeness (QED) is 0.782. The molecule has 1 atom stereocenters. The molecule has 1 aliphatic carbocycles. The van der Waals surface area contributed by atoms with Gasteiger partial charge in [0.15, 0.2) is 0 Å². The number of carbonyl (C=O) groups excluding carboxylic acids is 2. The van der Waals surface area contributed by atoms with E-state index >= 15 is 0 Å². The standard InChI is InChI=1S/C13H23N3O2S/c1-10(13(18)14-11-3-4-11)15-5-7-16(8-6-15)12(17)9-19-2/h10-11H,3-9H2,1-2H3,(H,14,18). The summed E-state index contributed by atoms with van der Waals surface area (Å²) in [5.41, 5.74) is 0. The molecule has 1 saturated carbocycles. The predicted molar refractivity (Wildman–Crippen MR) is 77.2 cm³/mol. The number of nitrogens with zero attached hydrogens (tertiary/aromatic N) is 2. The van der Waals surface area contributed by atoms with Gasteiger partial charge in [0.2, 0.25) is 11.8 Å². The van der Waals surface area contributed by atoms with Crippen LogP contribution in [0.3, 0.4) is 0 Å². The highest BCUT2D eigenvalue weighted by atomic mass is 32.2. The summed E-state index contributed by atoms with van der Waals surface area (Å²) in [6.07, 6.45) is 4.18. The maximum Gasteiger partial charge on any atom is 0.237 e. The number of piperazine rings is 1. The molecule has 0 aromatic rings. The van der Waals surface area contributed by atoms with Crippen LogP contribution in [-0.4, -0.2) is 71.9 Å². The molecule has 2 fully saturated rings. The summed E-state index contributed by atoms with van der Waals surface area (Å²) in [7, 11) is 0. The topological polar surface area (TPSA) is 52.7 Å². The molecule has 0 spiro atoms. The lowest BCUT2D eigenvalue weighted by Crippen LogP contribution is -2.55. The number of hydrogen-bond donors (Lipinski definition) is 1. The molecule has 0 aromatic heterocycles. The Labute approximate surface area is 119 Å². The van der Waals surface area contributed by atoms with Gasteiger partial charge in [0, 0.05) is 32.2 Å². The third-order valence-electron chi connectivity index (χ3n) is 3.79. The molecule has 19 heavy (non-hydrogen) atoms. The molecule has 0 bridgehead atoms. The number of amides is 2. The average molecular weight is 285 g/mol. The van der Waals surface area contributed by atoms with Crippen LogP contribution in [-0.2, 0) is 9.59 Å². The number of thioether (sulfide) groups is 1. The van der Waals surface area contributed by atoms with E-state index < -0.39 is 0 Å². The van der Waals surface area contributed by atoms with Gasteiger partial charge in [-0.2, -0.15) is 11.8 Å². The smallest absolute Gasteiger partial charge is 0.237 e. The van der Waals surface area contributed by atoms with Crippen molar-refractivity contribution in [3.8, 4) is 0 Å². The van der Waals surface area contributed by atoms with Gasteiger partial charge in [0.25, 0.3) is 0 Å². The summed E-state index contributed by atoms with van der Waals surface area (Å²) >= 11 is 1.56. The van der Waals surface area contributed by atoms with Crippen molar-refractivity contribution >= 4 is 23.6 Å². The van der Waals surface area contributed by atoms with Crippen LogP contribution in [0.4, 0.5) is 0 Å². The molecular weight excluding hydrogens is 262 g/mol. The highest BCUT2D eigenvalue weighted by Gasteiger charge is 2.30. The second kappa shape index (κ2) is 6.61. The zero-order chi connectivity index (χ0) is 13.8. The Morgan fingerprint density at radius 3 is 2.42 bits per heavy atom. The average Bonchev–Trinajstić information content (AvgIpc) is 3.22. The van der Waals surface area contributed by atoms with Crippen molar-refractivity contribution in [2.75, 3.05) is 38.2 Å². The summed E-state index contributed by atoms with van der Waals surface area (Å²) in [5.74, 6) is 0.895. The molecule has 1 aliphatic heterocycles. The second-order valence-electron chi connectivity index (χ2n) is 5.31. The van der Waals surface area contributed by atoms with Crippen molar-refractivity contribution in [2.24, 2.45) is 0 Å². The summed E-state index contributed by atoms with van der Waals surface area (Å²) in [4.78, 5) is 27.8. The molecule has 1 heterocycles. The molecule has 6 heteroatoms. The first-order valence-corrected chi connectivity index (χ1v) is 8.32. The molecule has 1 saturated heterocycles. The Balaban J connectivity index is 1.75. The fourth-order valence-electron chi connectivity index (χ4n) is 2.29. The van der Waals surface area contributed by atoms with E-state index in [0.29, 0.717) is 11.8 Å². The minimum absolute atomic E-state index is 0.0848. The molecule has 5 nitrogen and oxygen atoms in total. The Hall–Kier alpha value is -0.750. The van der Waals surface area contributed by atoms with Gasteiger partial charge in [-0.1, -0.05) is 0 Å². The van der Waals surface area contributed by atoms with Crippen LogP contribution in [0.25, 0.3) is 0 Å². The van der Waals surface area contributed by atoms with Gasteiger partial charge < -0.3 is 10.2 Å². The van der Waals surface area contributed by atoms with Gasteiger partial charge in [0.05, 0.1) is 11.8 Å².